The number of halogens is 3. The largest absolute Gasteiger partial charge is 0.373 e. The first kappa shape index (κ1) is 42.5. The SMILES string of the molecule is CC(=O)Nc1cccc([C@H](Nc2cc(Cl)c3ncc(C#N)c(Nc4ccc(F)c(Cl)c4)c3c2)c2cn(C3CCN(C(C)(C)C)CC3)nn2)c1.N#Cc1cnc2ccccc2c1. The lowest BCUT2D eigenvalue weighted by Gasteiger charge is -2.40. The molecule has 0 radical (unpaired) electrons. The van der Waals surface area contributed by atoms with Crippen LogP contribution in [0, 0.1) is 28.5 Å². The van der Waals surface area contributed by atoms with E-state index in [1.54, 1.807) is 12.3 Å². The van der Waals surface area contributed by atoms with Crippen molar-refractivity contribution in [2.75, 3.05) is 29.0 Å². The summed E-state index contributed by atoms with van der Waals surface area (Å²) in [4.78, 5) is 23.0. The van der Waals surface area contributed by atoms with Crippen LogP contribution in [0.1, 0.15) is 75.0 Å². The van der Waals surface area contributed by atoms with Gasteiger partial charge in [-0.1, -0.05) is 58.7 Å². The van der Waals surface area contributed by atoms with Gasteiger partial charge in [-0.3, -0.25) is 19.7 Å². The quantitative estimate of drug-likeness (QED) is 0.134. The lowest BCUT2D eigenvalue weighted by molar-refractivity contribution is -0.114. The smallest absolute Gasteiger partial charge is 0.221 e. The van der Waals surface area contributed by atoms with Crippen molar-refractivity contribution in [3.8, 4) is 12.1 Å². The molecule has 15 heteroatoms. The number of carbonyl (C=O) groups excluding carboxylic acids is 1. The molecule has 1 saturated heterocycles. The highest BCUT2D eigenvalue weighted by atomic mass is 35.5. The van der Waals surface area contributed by atoms with Crippen LogP contribution >= 0.6 is 23.2 Å². The van der Waals surface area contributed by atoms with Gasteiger partial charge < -0.3 is 16.0 Å². The molecule has 3 aromatic heterocycles. The molecular formula is C46H42Cl2FN11O. The van der Waals surface area contributed by atoms with Crippen LogP contribution in [-0.2, 0) is 4.79 Å². The van der Waals surface area contributed by atoms with Crippen molar-refractivity contribution in [3.05, 3.63) is 142 Å². The number of nitrogens with one attached hydrogen (secondary N) is 3. The van der Waals surface area contributed by atoms with E-state index in [9.17, 15) is 14.4 Å². The number of nitrogens with zero attached hydrogens (tertiary/aromatic N) is 8. The summed E-state index contributed by atoms with van der Waals surface area (Å²) in [5, 5.41) is 39.3. The Hall–Kier alpha value is -6.64. The number of fused-ring (bicyclic) bond motifs is 2. The molecule has 1 aliphatic rings. The van der Waals surface area contributed by atoms with Crippen molar-refractivity contribution >= 4 is 73.7 Å². The van der Waals surface area contributed by atoms with Crippen molar-refractivity contribution < 1.29 is 9.18 Å². The van der Waals surface area contributed by atoms with Crippen LogP contribution in [0.3, 0.4) is 0 Å². The van der Waals surface area contributed by atoms with Gasteiger partial charge in [-0.2, -0.15) is 10.5 Å². The predicted molar refractivity (Wildman–Crippen MR) is 238 cm³/mol. The third kappa shape index (κ3) is 10.0. The van der Waals surface area contributed by atoms with Crippen LogP contribution in [0.5, 0.6) is 0 Å². The molecule has 0 spiro atoms. The number of piperidine rings is 1. The van der Waals surface area contributed by atoms with E-state index in [0.717, 1.165) is 42.4 Å². The number of amides is 1. The van der Waals surface area contributed by atoms with Crippen LogP contribution in [0.4, 0.5) is 27.1 Å². The Morgan fingerprint density at radius 1 is 0.885 bits per heavy atom. The number of pyridine rings is 2. The zero-order valence-corrected chi connectivity index (χ0v) is 35.4. The van der Waals surface area contributed by atoms with Gasteiger partial charge in [0.15, 0.2) is 0 Å². The van der Waals surface area contributed by atoms with E-state index in [4.69, 9.17) is 28.5 Å². The molecule has 8 rings (SSSR count). The van der Waals surface area contributed by atoms with Gasteiger partial charge in [-0.15, -0.1) is 5.10 Å². The Balaban J connectivity index is 0.000000399. The molecule has 0 bridgehead atoms. The number of para-hydroxylation sites is 1. The topological polar surface area (TPSA) is 160 Å². The molecule has 3 N–H and O–H groups in total. The number of hydrogen-bond acceptors (Lipinski definition) is 10. The lowest BCUT2D eigenvalue weighted by atomic mass is 9.98. The summed E-state index contributed by atoms with van der Waals surface area (Å²) in [6.45, 7) is 10.1. The number of rotatable bonds is 8. The van der Waals surface area contributed by atoms with E-state index >= 15 is 0 Å². The first-order chi connectivity index (χ1) is 29.3. The van der Waals surface area contributed by atoms with Crippen molar-refractivity contribution in [2.24, 2.45) is 0 Å². The molecule has 1 atom stereocenters. The number of benzene rings is 4. The molecule has 308 valence electrons. The van der Waals surface area contributed by atoms with Crippen LogP contribution in [-0.4, -0.2) is 54.4 Å². The van der Waals surface area contributed by atoms with E-state index < -0.39 is 11.9 Å². The molecule has 1 fully saturated rings. The van der Waals surface area contributed by atoms with Crippen molar-refractivity contribution in [2.45, 2.75) is 58.2 Å². The van der Waals surface area contributed by atoms with Gasteiger partial charge >= 0.3 is 0 Å². The highest BCUT2D eigenvalue weighted by molar-refractivity contribution is 6.36. The number of hydrogen-bond donors (Lipinski definition) is 3. The maximum Gasteiger partial charge on any atom is 0.221 e. The summed E-state index contributed by atoms with van der Waals surface area (Å²) < 4.78 is 15.9. The average molecular weight is 855 g/mol. The minimum absolute atomic E-state index is 0.0561. The second-order valence-corrected chi connectivity index (χ2v) is 16.5. The van der Waals surface area contributed by atoms with Crippen LogP contribution in [0.2, 0.25) is 10.0 Å². The van der Waals surface area contributed by atoms with Crippen LogP contribution in [0.25, 0.3) is 21.8 Å². The Kier molecular flexibility index (Phi) is 12.8. The monoisotopic (exact) mass is 853 g/mol. The third-order valence-corrected chi connectivity index (χ3v) is 11.0. The maximum absolute atomic E-state index is 13.9. The highest BCUT2D eigenvalue weighted by Gasteiger charge is 2.29. The Labute approximate surface area is 362 Å². The number of likely N-dealkylation sites (tertiary alicyclic amines) is 1. The minimum atomic E-state index is -0.553. The Bertz CT molecular complexity index is 2820. The standard InChI is InChI=1S/C36H36Cl2FN9O.C10H6N2/c1-21(49)42-24-7-5-6-22(14-24)34(32-20-48(46-45-32)27-10-12-47(13-11-27)36(2,3)4)44-26-15-28-33(43-25-8-9-31(39)29(37)16-25)23(18-40)19-41-35(28)30(38)17-26;11-6-8-5-9-3-1-2-4-10(9)12-7-8/h5-9,14-17,19-20,27,34,44H,10-13H2,1-4H3,(H,41,43)(H,42,49);1-5,7H/t34-;/m0./s1. The highest BCUT2D eigenvalue weighted by Crippen LogP contribution is 2.38. The fourth-order valence-electron chi connectivity index (χ4n) is 7.31. The van der Waals surface area contributed by atoms with Crippen LogP contribution < -0.4 is 16.0 Å². The molecule has 61 heavy (non-hydrogen) atoms. The fraction of sp³-hybridized carbons (Fsp3) is 0.239. The molecule has 12 nitrogen and oxygen atoms in total. The van der Waals surface area contributed by atoms with Gasteiger partial charge in [0.2, 0.25) is 5.91 Å². The van der Waals surface area contributed by atoms with Crippen molar-refractivity contribution in [1.29, 1.82) is 10.5 Å². The first-order valence-corrected chi connectivity index (χ1v) is 20.4. The van der Waals surface area contributed by atoms with E-state index in [0.29, 0.717) is 49.9 Å². The van der Waals surface area contributed by atoms with Gasteiger partial charge in [-0.25, -0.2) is 9.07 Å². The molecule has 1 amide bonds. The Morgan fingerprint density at radius 3 is 2.38 bits per heavy atom. The summed E-state index contributed by atoms with van der Waals surface area (Å²) in [6, 6.07) is 28.9. The molecular weight excluding hydrogens is 812 g/mol. The first-order valence-electron chi connectivity index (χ1n) is 19.6. The summed E-state index contributed by atoms with van der Waals surface area (Å²) in [7, 11) is 0. The number of carbonyl (C=O) groups is 1. The summed E-state index contributed by atoms with van der Waals surface area (Å²) in [5.41, 5.74) is 6.08. The lowest BCUT2D eigenvalue weighted by Crippen LogP contribution is -2.46. The molecule has 0 unspecified atom stereocenters. The third-order valence-electron chi connectivity index (χ3n) is 10.4. The number of nitriles is 2. The Morgan fingerprint density at radius 2 is 1.66 bits per heavy atom. The van der Waals surface area contributed by atoms with Gasteiger partial charge in [0, 0.05) is 65.8 Å². The van der Waals surface area contributed by atoms with Gasteiger partial charge in [0.25, 0.3) is 0 Å². The molecule has 4 aromatic carbocycles. The van der Waals surface area contributed by atoms with E-state index in [1.165, 1.54) is 31.3 Å². The predicted octanol–water partition coefficient (Wildman–Crippen LogP) is 10.6. The van der Waals surface area contributed by atoms with Crippen molar-refractivity contribution in [3.63, 3.8) is 0 Å². The normalized spacial score (nSPS) is 13.7. The molecule has 4 heterocycles. The summed E-state index contributed by atoms with van der Waals surface area (Å²) >= 11 is 12.9. The van der Waals surface area contributed by atoms with Gasteiger partial charge in [0.05, 0.1) is 56.2 Å². The molecule has 7 aromatic rings. The van der Waals surface area contributed by atoms with Crippen molar-refractivity contribution in [1.82, 2.24) is 29.9 Å². The summed E-state index contributed by atoms with van der Waals surface area (Å²) in [5.74, 6) is -0.735. The average Bonchev–Trinajstić information content (AvgIpc) is 3.74. The zero-order chi connectivity index (χ0) is 43.3. The van der Waals surface area contributed by atoms with E-state index in [2.05, 4.69) is 74.0 Å². The minimum Gasteiger partial charge on any atom is -0.373 e. The maximum atomic E-state index is 13.9. The van der Waals surface area contributed by atoms with E-state index in [1.807, 2.05) is 71.5 Å². The summed E-state index contributed by atoms with van der Waals surface area (Å²) in [6.07, 6.45) is 6.92. The number of anilines is 4. The molecule has 1 aliphatic heterocycles. The molecule has 0 saturated carbocycles. The van der Waals surface area contributed by atoms with Gasteiger partial charge in [0.1, 0.15) is 23.6 Å². The zero-order valence-electron chi connectivity index (χ0n) is 33.9. The van der Waals surface area contributed by atoms with Gasteiger partial charge in [-0.05, 0) is 93.8 Å². The second kappa shape index (κ2) is 18.3. The van der Waals surface area contributed by atoms with E-state index in [-0.39, 0.29) is 28.1 Å². The second-order valence-electron chi connectivity index (χ2n) is 15.7. The van der Waals surface area contributed by atoms with Crippen LogP contribution in [0.15, 0.2) is 104 Å². The fourth-order valence-corrected chi connectivity index (χ4v) is 7.76. The molecule has 0 aliphatic carbocycles. The number of aromatic nitrogens is 5.